The maximum atomic E-state index is 11.8. The Hall–Kier alpha value is -1.42. The van der Waals surface area contributed by atoms with Crippen LogP contribution >= 0.6 is 11.6 Å². The van der Waals surface area contributed by atoms with Gasteiger partial charge in [0.05, 0.1) is 5.69 Å². The lowest BCUT2D eigenvalue weighted by Gasteiger charge is -2.22. The van der Waals surface area contributed by atoms with Gasteiger partial charge in [0, 0.05) is 11.1 Å². The molecule has 0 heterocycles. The first-order valence-electron chi connectivity index (χ1n) is 6.62. The highest BCUT2D eigenvalue weighted by Crippen LogP contribution is 2.24. The summed E-state index contributed by atoms with van der Waals surface area (Å²) in [6, 6.07) is 5.26. The average molecular weight is 283 g/mol. The zero-order chi connectivity index (χ0) is 13.7. The van der Waals surface area contributed by atoms with Crippen LogP contribution in [-0.2, 0) is 4.79 Å². The topological polar surface area (TPSA) is 64.3 Å². The number of amides is 1. The van der Waals surface area contributed by atoms with Crippen molar-refractivity contribution >= 4 is 23.2 Å². The van der Waals surface area contributed by atoms with Crippen LogP contribution in [0.25, 0.3) is 0 Å². The fraction of sp³-hybridized carbons (Fsp3) is 0.500. The summed E-state index contributed by atoms with van der Waals surface area (Å²) in [7, 11) is 0. The molecule has 0 atom stereocenters. The summed E-state index contributed by atoms with van der Waals surface area (Å²) in [4.78, 5) is 11.8. The quantitative estimate of drug-likeness (QED) is 0.835. The normalized spacial score (nSPS) is 16.1. The van der Waals surface area contributed by atoms with Gasteiger partial charge in [0.1, 0.15) is 5.75 Å². The third-order valence-electron chi connectivity index (χ3n) is 3.30. The largest absolute Gasteiger partial charge is 0.482 e. The molecule has 3 N–H and O–H groups in total. The van der Waals surface area contributed by atoms with Crippen molar-refractivity contribution in [1.82, 2.24) is 5.32 Å². The van der Waals surface area contributed by atoms with Crippen LogP contribution in [-0.4, -0.2) is 18.6 Å². The van der Waals surface area contributed by atoms with Crippen LogP contribution in [0.4, 0.5) is 5.69 Å². The van der Waals surface area contributed by atoms with Crippen molar-refractivity contribution in [1.29, 1.82) is 0 Å². The van der Waals surface area contributed by atoms with Gasteiger partial charge >= 0.3 is 0 Å². The van der Waals surface area contributed by atoms with E-state index in [1.807, 2.05) is 0 Å². The maximum Gasteiger partial charge on any atom is 0.258 e. The summed E-state index contributed by atoms with van der Waals surface area (Å²) in [5.74, 6) is 0.393. The molecule has 1 aromatic rings. The fourth-order valence-corrected chi connectivity index (χ4v) is 2.49. The molecule has 1 fully saturated rings. The standard InChI is InChI=1S/C14H19ClN2O2/c15-10-6-7-13(12(16)8-10)19-9-14(18)17-11-4-2-1-3-5-11/h6-8,11H,1-5,9,16H2,(H,17,18). The van der Waals surface area contributed by atoms with Crippen molar-refractivity contribution in [2.24, 2.45) is 0 Å². The smallest absolute Gasteiger partial charge is 0.258 e. The van der Waals surface area contributed by atoms with Gasteiger partial charge in [-0.2, -0.15) is 0 Å². The average Bonchev–Trinajstić information content (AvgIpc) is 2.39. The van der Waals surface area contributed by atoms with Gasteiger partial charge in [-0.05, 0) is 31.0 Å². The Balaban J connectivity index is 1.79. The molecule has 1 saturated carbocycles. The molecule has 0 saturated heterocycles. The molecule has 1 aromatic carbocycles. The van der Waals surface area contributed by atoms with Crippen molar-refractivity contribution in [3.05, 3.63) is 23.2 Å². The Morgan fingerprint density at radius 2 is 2.11 bits per heavy atom. The van der Waals surface area contributed by atoms with E-state index in [4.69, 9.17) is 22.1 Å². The summed E-state index contributed by atoms with van der Waals surface area (Å²) in [5.41, 5.74) is 6.19. The monoisotopic (exact) mass is 282 g/mol. The first kappa shape index (κ1) is 14.0. The molecule has 104 valence electrons. The van der Waals surface area contributed by atoms with Crippen LogP contribution in [0, 0.1) is 0 Å². The second-order valence-corrected chi connectivity index (χ2v) is 5.31. The summed E-state index contributed by atoms with van der Waals surface area (Å²) < 4.78 is 5.40. The molecule has 1 aliphatic carbocycles. The Morgan fingerprint density at radius 1 is 1.37 bits per heavy atom. The molecular weight excluding hydrogens is 264 g/mol. The van der Waals surface area contributed by atoms with Gasteiger partial charge in [-0.3, -0.25) is 4.79 Å². The van der Waals surface area contributed by atoms with Crippen LogP contribution in [0.5, 0.6) is 5.75 Å². The molecule has 1 amide bonds. The van der Waals surface area contributed by atoms with E-state index in [-0.39, 0.29) is 12.5 Å². The van der Waals surface area contributed by atoms with E-state index in [1.165, 1.54) is 19.3 Å². The number of benzene rings is 1. The highest BCUT2D eigenvalue weighted by molar-refractivity contribution is 6.30. The highest BCUT2D eigenvalue weighted by Gasteiger charge is 2.16. The van der Waals surface area contributed by atoms with Crippen molar-refractivity contribution in [2.45, 2.75) is 38.1 Å². The second-order valence-electron chi connectivity index (χ2n) is 4.87. The van der Waals surface area contributed by atoms with Gasteiger partial charge in [0.2, 0.25) is 0 Å². The van der Waals surface area contributed by atoms with Gasteiger partial charge in [0.15, 0.2) is 6.61 Å². The van der Waals surface area contributed by atoms with E-state index in [0.717, 1.165) is 12.8 Å². The Kier molecular flexibility index (Phi) is 4.91. The molecule has 4 nitrogen and oxygen atoms in total. The summed E-state index contributed by atoms with van der Waals surface area (Å²) in [6.07, 6.45) is 5.78. The van der Waals surface area contributed by atoms with Crippen molar-refractivity contribution in [3.8, 4) is 5.75 Å². The Bertz CT molecular complexity index is 445. The Morgan fingerprint density at radius 3 is 2.79 bits per heavy atom. The number of nitrogen functional groups attached to an aromatic ring is 1. The van der Waals surface area contributed by atoms with Crippen LogP contribution < -0.4 is 15.8 Å². The molecule has 1 aliphatic rings. The van der Waals surface area contributed by atoms with E-state index in [1.54, 1.807) is 18.2 Å². The van der Waals surface area contributed by atoms with Gasteiger partial charge < -0.3 is 15.8 Å². The molecule has 0 unspecified atom stereocenters. The summed E-state index contributed by atoms with van der Waals surface area (Å²) in [5, 5.41) is 3.54. The third kappa shape index (κ3) is 4.31. The second kappa shape index (κ2) is 6.66. The first-order chi connectivity index (χ1) is 9.15. The number of carbonyl (C=O) groups is 1. The molecule has 0 aromatic heterocycles. The number of anilines is 1. The van der Waals surface area contributed by atoms with E-state index in [9.17, 15) is 4.79 Å². The van der Waals surface area contributed by atoms with Gasteiger partial charge in [-0.25, -0.2) is 0 Å². The molecule has 0 spiro atoms. The molecule has 0 radical (unpaired) electrons. The SMILES string of the molecule is Nc1cc(Cl)ccc1OCC(=O)NC1CCCCC1. The van der Waals surface area contributed by atoms with E-state index in [0.29, 0.717) is 22.5 Å². The molecule has 19 heavy (non-hydrogen) atoms. The minimum Gasteiger partial charge on any atom is -0.482 e. The van der Waals surface area contributed by atoms with Crippen molar-refractivity contribution in [2.75, 3.05) is 12.3 Å². The molecule has 0 aliphatic heterocycles. The lowest BCUT2D eigenvalue weighted by Crippen LogP contribution is -2.39. The number of nitrogens with two attached hydrogens (primary N) is 1. The maximum absolute atomic E-state index is 11.8. The highest BCUT2D eigenvalue weighted by atomic mass is 35.5. The predicted molar refractivity (Wildman–Crippen MR) is 76.4 cm³/mol. The summed E-state index contributed by atoms with van der Waals surface area (Å²) in [6.45, 7) is -0.0116. The van der Waals surface area contributed by atoms with E-state index >= 15 is 0 Å². The zero-order valence-electron chi connectivity index (χ0n) is 10.8. The minimum absolute atomic E-state index is 0.0116. The minimum atomic E-state index is -0.0961. The van der Waals surface area contributed by atoms with Gasteiger partial charge in [0.25, 0.3) is 5.91 Å². The first-order valence-corrected chi connectivity index (χ1v) is 7.00. The Labute approximate surface area is 118 Å². The number of rotatable bonds is 4. The summed E-state index contributed by atoms with van der Waals surface area (Å²) >= 11 is 5.79. The molecular formula is C14H19ClN2O2. The molecule has 5 heteroatoms. The van der Waals surface area contributed by atoms with E-state index < -0.39 is 0 Å². The van der Waals surface area contributed by atoms with Crippen LogP contribution in [0.3, 0.4) is 0 Å². The fourth-order valence-electron chi connectivity index (χ4n) is 2.31. The van der Waals surface area contributed by atoms with Crippen molar-refractivity contribution < 1.29 is 9.53 Å². The van der Waals surface area contributed by atoms with E-state index in [2.05, 4.69) is 5.32 Å². The van der Waals surface area contributed by atoms with Crippen LogP contribution in [0.1, 0.15) is 32.1 Å². The lowest BCUT2D eigenvalue weighted by atomic mass is 9.95. The molecule has 0 bridgehead atoms. The number of nitrogens with one attached hydrogen (secondary N) is 1. The number of hydrogen-bond donors (Lipinski definition) is 2. The number of halogens is 1. The van der Waals surface area contributed by atoms with Crippen LogP contribution in [0.15, 0.2) is 18.2 Å². The lowest BCUT2D eigenvalue weighted by molar-refractivity contribution is -0.124. The molecule has 2 rings (SSSR count). The zero-order valence-corrected chi connectivity index (χ0v) is 11.6. The number of ether oxygens (including phenoxy) is 1. The number of hydrogen-bond acceptors (Lipinski definition) is 3. The van der Waals surface area contributed by atoms with Gasteiger partial charge in [-0.15, -0.1) is 0 Å². The van der Waals surface area contributed by atoms with Crippen LogP contribution in [0.2, 0.25) is 5.02 Å². The predicted octanol–water partition coefficient (Wildman–Crippen LogP) is 2.75. The van der Waals surface area contributed by atoms with Gasteiger partial charge in [-0.1, -0.05) is 30.9 Å². The van der Waals surface area contributed by atoms with Crippen molar-refractivity contribution in [3.63, 3.8) is 0 Å². The number of carbonyl (C=O) groups excluding carboxylic acids is 1. The third-order valence-corrected chi connectivity index (χ3v) is 3.54.